The van der Waals surface area contributed by atoms with Crippen molar-refractivity contribution in [3.8, 4) is 0 Å². The molecular formula is C35H27N3O5S2. The van der Waals surface area contributed by atoms with Crippen LogP contribution in [0.3, 0.4) is 0 Å². The van der Waals surface area contributed by atoms with Crippen LogP contribution in [0.1, 0.15) is 22.8 Å². The van der Waals surface area contributed by atoms with Crippen molar-refractivity contribution in [2.75, 3.05) is 5.75 Å². The second-order valence-electron chi connectivity index (χ2n) is 10.5. The number of hydrogen-bond donors (Lipinski definition) is 1. The molecule has 224 valence electrons. The maximum absolute atomic E-state index is 14.2. The summed E-state index contributed by atoms with van der Waals surface area (Å²) in [5, 5.41) is 2.79. The zero-order valence-electron chi connectivity index (χ0n) is 23.9. The fraction of sp³-hybridized carbons (Fsp3) is 0.143. The number of amides is 2. The first-order valence-electron chi connectivity index (χ1n) is 14.4. The Kier molecular flexibility index (Phi) is 8.15. The van der Waals surface area contributed by atoms with E-state index in [-0.39, 0.29) is 23.9 Å². The summed E-state index contributed by atoms with van der Waals surface area (Å²) < 4.78 is 12.2. The Labute approximate surface area is 267 Å². The van der Waals surface area contributed by atoms with Gasteiger partial charge < -0.3 is 14.5 Å². The number of hydrogen-bond acceptors (Lipinski definition) is 8. The van der Waals surface area contributed by atoms with Crippen molar-refractivity contribution in [3.05, 3.63) is 143 Å². The number of thioether (sulfide) groups is 2. The van der Waals surface area contributed by atoms with Gasteiger partial charge in [-0.15, -0.1) is 11.8 Å². The summed E-state index contributed by atoms with van der Waals surface area (Å²) in [6.45, 7) is 0. The molecule has 2 atom stereocenters. The van der Waals surface area contributed by atoms with E-state index in [4.69, 9.17) is 9.15 Å². The van der Waals surface area contributed by atoms with Gasteiger partial charge in [0.15, 0.2) is 11.7 Å². The summed E-state index contributed by atoms with van der Waals surface area (Å²) in [5.41, 5.74) is 3.91. The third-order valence-corrected chi connectivity index (χ3v) is 9.96. The predicted octanol–water partition coefficient (Wildman–Crippen LogP) is 6.11. The molecule has 1 aromatic heterocycles. The number of rotatable bonds is 9. The van der Waals surface area contributed by atoms with E-state index in [1.807, 2.05) is 115 Å². The standard InChI is InChI=1S/C35H27N3O5S2/c39-28(20-22-12-4-1-5-13-22)37-29-32(40)38-30(27(21-44-33(29)38)45-35-36-25-18-10-11-19-26(25)42-35)34(41)43-31(23-14-6-2-7-15-23)24-16-8-3-9-17-24/h1-19,29,31,33H,20-21H2,(H,37,39)/t29?,33-/m0/s1. The van der Waals surface area contributed by atoms with Gasteiger partial charge in [0, 0.05) is 10.7 Å². The van der Waals surface area contributed by atoms with E-state index in [0.29, 0.717) is 27.0 Å². The molecule has 10 heteroatoms. The van der Waals surface area contributed by atoms with Crippen molar-refractivity contribution >= 4 is 52.4 Å². The average molecular weight is 634 g/mol. The topological polar surface area (TPSA) is 102 Å². The Hall–Kier alpha value is -4.80. The number of fused-ring (bicyclic) bond motifs is 2. The Morgan fingerprint density at radius 1 is 0.911 bits per heavy atom. The van der Waals surface area contributed by atoms with Gasteiger partial charge in [0.05, 0.1) is 6.42 Å². The molecule has 2 amide bonds. The van der Waals surface area contributed by atoms with Gasteiger partial charge in [0.25, 0.3) is 11.1 Å². The quantitative estimate of drug-likeness (QED) is 0.153. The van der Waals surface area contributed by atoms with Gasteiger partial charge >= 0.3 is 5.97 Å². The predicted molar refractivity (Wildman–Crippen MR) is 173 cm³/mol. The first-order chi connectivity index (χ1) is 22.0. The molecule has 45 heavy (non-hydrogen) atoms. The molecule has 0 spiro atoms. The Bertz CT molecular complexity index is 1820. The molecule has 1 saturated heterocycles. The summed E-state index contributed by atoms with van der Waals surface area (Å²) in [7, 11) is 0. The number of nitrogens with zero attached hydrogens (tertiary/aromatic N) is 2. The van der Waals surface area contributed by atoms with Gasteiger partial charge in [0.2, 0.25) is 5.91 Å². The smallest absolute Gasteiger partial charge is 0.356 e. The number of esters is 1. The van der Waals surface area contributed by atoms with E-state index in [0.717, 1.165) is 16.7 Å². The van der Waals surface area contributed by atoms with Crippen LogP contribution in [0.25, 0.3) is 11.1 Å². The summed E-state index contributed by atoms with van der Waals surface area (Å²) in [6, 6.07) is 35.0. The highest BCUT2D eigenvalue weighted by Crippen LogP contribution is 2.46. The number of oxazole rings is 1. The lowest BCUT2D eigenvalue weighted by Gasteiger charge is -2.49. The van der Waals surface area contributed by atoms with E-state index in [9.17, 15) is 14.4 Å². The molecule has 1 unspecified atom stereocenters. The maximum atomic E-state index is 14.2. The summed E-state index contributed by atoms with van der Waals surface area (Å²) in [4.78, 5) is 47.4. The van der Waals surface area contributed by atoms with Gasteiger partial charge in [-0.25, -0.2) is 9.78 Å². The number of ether oxygens (including phenoxy) is 1. The lowest BCUT2D eigenvalue weighted by molar-refractivity contribution is -0.154. The lowest BCUT2D eigenvalue weighted by Crippen LogP contribution is -2.70. The molecular weight excluding hydrogens is 607 g/mol. The van der Waals surface area contributed by atoms with E-state index >= 15 is 0 Å². The fourth-order valence-corrected chi connectivity index (χ4v) is 7.81. The van der Waals surface area contributed by atoms with Crippen LogP contribution in [-0.2, 0) is 25.5 Å². The first-order valence-corrected chi connectivity index (χ1v) is 16.3. The number of benzene rings is 4. The van der Waals surface area contributed by atoms with Crippen LogP contribution in [0, 0.1) is 0 Å². The van der Waals surface area contributed by atoms with Crippen LogP contribution in [0.5, 0.6) is 0 Å². The molecule has 0 aliphatic carbocycles. The van der Waals surface area contributed by atoms with Crippen molar-refractivity contribution < 1.29 is 23.5 Å². The zero-order chi connectivity index (χ0) is 30.8. The Balaban J connectivity index is 1.19. The van der Waals surface area contributed by atoms with Gasteiger partial charge in [0.1, 0.15) is 22.6 Å². The van der Waals surface area contributed by atoms with E-state index in [1.54, 1.807) is 0 Å². The second-order valence-corrected chi connectivity index (χ2v) is 12.7. The molecule has 7 rings (SSSR count). The van der Waals surface area contributed by atoms with Crippen molar-refractivity contribution in [2.45, 2.75) is 29.2 Å². The lowest BCUT2D eigenvalue weighted by atomic mass is 10.0. The molecule has 5 aromatic rings. The zero-order valence-corrected chi connectivity index (χ0v) is 25.5. The summed E-state index contributed by atoms with van der Waals surface area (Å²) in [6.07, 6.45) is -0.546. The monoisotopic (exact) mass is 633 g/mol. The van der Waals surface area contributed by atoms with E-state index < -0.39 is 23.5 Å². The highest BCUT2D eigenvalue weighted by atomic mass is 32.2. The van der Waals surface area contributed by atoms with Crippen LogP contribution in [0.15, 0.2) is 136 Å². The Morgan fingerprint density at radius 3 is 2.20 bits per heavy atom. The van der Waals surface area contributed by atoms with Gasteiger partial charge in [-0.3, -0.25) is 14.5 Å². The third kappa shape index (κ3) is 5.99. The molecule has 1 fully saturated rings. The normalized spacial score (nSPS) is 17.6. The Morgan fingerprint density at radius 2 is 1.53 bits per heavy atom. The highest BCUT2D eigenvalue weighted by Gasteiger charge is 2.55. The molecule has 8 nitrogen and oxygen atoms in total. The molecule has 0 saturated carbocycles. The minimum atomic E-state index is -0.760. The number of para-hydroxylation sites is 2. The highest BCUT2D eigenvalue weighted by molar-refractivity contribution is 8.06. The number of β-lactam (4-membered cyclic amide) rings is 1. The van der Waals surface area contributed by atoms with Gasteiger partial charge in [-0.05, 0) is 40.6 Å². The van der Waals surface area contributed by atoms with Crippen LogP contribution < -0.4 is 5.32 Å². The van der Waals surface area contributed by atoms with Crippen molar-refractivity contribution in [2.24, 2.45) is 0 Å². The summed E-state index contributed by atoms with van der Waals surface area (Å²) in [5.74, 6) is -0.867. The number of nitrogens with one attached hydrogen (secondary N) is 1. The SMILES string of the molecule is O=C(Cc1ccccc1)NC1C(=O)N2C(C(=O)OC(c3ccccc3)c3ccccc3)=C(Sc3nc4ccccc4o3)CS[C@@H]12. The molecule has 4 aromatic carbocycles. The van der Waals surface area contributed by atoms with Crippen LogP contribution in [0.2, 0.25) is 0 Å². The van der Waals surface area contributed by atoms with Crippen molar-refractivity contribution in [1.82, 2.24) is 15.2 Å². The fourth-order valence-electron chi connectivity index (χ4n) is 5.41. The number of carbonyl (C=O) groups is 3. The van der Waals surface area contributed by atoms with Crippen LogP contribution in [-0.4, -0.2) is 44.8 Å². The second kappa shape index (κ2) is 12.7. The van der Waals surface area contributed by atoms with E-state index in [2.05, 4.69) is 10.3 Å². The molecule has 3 heterocycles. The summed E-state index contributed by atoms with van der Waals surface area (Å²) >= 11 is 2.68. The molecule has 0 bridgehead atoms. The number of aromatic nitrogens is 1. The minimum Gasteiger partial charge on any atom is -0.448 e. The van der Waals surface area contributed by atoms with Crippen molar-refractivity contribution in [1.29, 1.82) is 0 Å². The largest absolute Gasteiger partial charge is 0.448 e. The third-order valence-electron chi connectivity index (χ3n) is 7.56. The van der Waals surface area contributed by atoms with Crippen molar-refractivity contribution in [3.63, 3.8) is 0 Å². The average Bonchev–Trinajstić information content (AvgIpc) is 3.49. The first kappa shape index (κ1) is 28.9. The number of carbonyl (C=O) groups excluding carboxylic acids is 3. The minimum absolute atomic E-state index is 0.140. The van der Waals surface area contributed by atoms with Crippen LogP contribution in [0.4, 0.5) is 0 Å². The van der Waals surface area contributed by atoms with Gasteiger partial charge in [-0.2, -0.15) is 0 Å². The molecule has 2 aliphatic heterocycles. The van der Waals surface area contributed by atoms with E-state index in [1.165, 1.54) is 28.4 Å². The maximum Gasteiger partial charge on any atom is 0.356 e. The molecule has 2 aliphatic rings. The van der Waals surface area contributed by atoms with Crippen LogP contribution >= 0.6 is 23.5 Å². The molecule has 1 N–H and O–H groups in total. The van der Waals surface area contributed by atoms with Gasteiger partial charge in [-0.1, -0.05) is 103 Å². The molecule has 0 radical (unpaired) electrons.